The van der Waals surface area contributed by atoms with E-state index < -0.39 is 15.9 Å². The van der Waals surface area contributed by atoms with Gasteiger partial charge in [0, 0.05) is 5.56 Å². The van der Waals surface area contributed by atoms with Gasteiger partial charge in [0.25, 0.3) is 11.8 Å². The molecule has 6 nitrogen and oxygen atoms in total. The quantitative estimate of drug-likeness (QED) is 0.242. The smallest absolute Gasteiger partial charge is 0.280 e. The lowest BCUT2D eigenvalue weighted by atomic mass is 10.1. The number of halogens is 3. The van der Waals surface area contributed by atoms with Crippen LogP contribution in [-0.4, -0.2) is 27.5 Å². The van der Waals surface area contributed by atoms with Crippen LogP contribution in [-0.2, 0) is 4.79 Å². The Labute approximate surface area is 217 Å². The zero-order valence-electron chi connectivity index (χ0n) is 18.5. The highest BCUT2D eigenvalue weighted by atomic mass is 35.6. The molecule has 0 saturated carbocycles. The third-order valence-electron chi connectivity index (χ3n) is 5.10. The molecule has 35 heavy (non-hydrogen) atoms. The Bertz CT molecular complexity index is 1270. The SMILES string of the molecule is CC1=NN(c2ccccc2)C(=O)/C1=C\c1ccc(O[C@H](NC(=O)c2ccccc2)C(Cl)(Cl)Cl)cc1. The second-order valence-corrected chi connectivity index (χ2v) is 10.0. The number of carbonyl (C=O) groups is 2. The minimum atomic E-state index is -1.92. The summed E-state index contributed by atoms with van der Waals surface area (Å²) in [7, 11) is 0. The molecule has 0 saturated heterocycles. The summed E-state index contributed by atoms with van der Waals surface area (Å²) in [6.45, 7) is 1.78. The van der Waals surface area contributed by atoms with E-state index in [0.717, 1.165) is 5.56 Å². The summed E-state index contributed by atoms with van der Waals surface area (Å²) in [6.07, 6.45) is 0.506. The first-order valence-electron chi connectivity index (χ1n) is 10.6. The first-order chi connectivity index (χ1) is 16.7. The van der Waals surface area contributed by atoms with Gasteiger partial charge in [-0.1, -0.05) is 83.3 Å². The fraction of sp³-hybridized carbons (Fsp3) is 0.115. The fourth-order valence-electron chi connectivity index (χ4n) is 3.34. The van der Waals surface area contributed by atoms with Crippen molar-refractivity contribution in [2.75, 3.05) is 5.01 Å². The van der Waals surface area contributed by atoms with Gasteiger partial charge in [0.15, 0.2) is 0 Å². The maximum absolute atomic E-state index is 12.9. The number of hydrogen-bond acceptors (Lipinski definition) is 4. The van der Waals surface area contributed by atoms with E-state index in [1.165, 1.54) is 5.01 Å². The summed E-state index contributed by atoms with van der Waals surface area (Å²) >= 11 is 18.1. The number of hydrogen-bond donors (Lipinski definition) is 1. The van der Waals surface area contributed by atoms with Crippen molar-refractivity contribution in [3.63, 3.8) is 0 Å². The first-order valence-corrected chi connectivity index (χ1v) is 11.7. The lowest BCUT2D eigenvalue weighted by Gasteiger charge is -2.26. The molecule has 0 spiro atoms. The number of para-hydroxylation sites is 1. The molecule has 9 heteroatoms. The number of rotatable bonds is 6. The second-order valence-electron chi connectivity index (χ2n) is 7.64. The Morgan fingerprint density at radius 3 is 2.17 bits per heavy atom. The Kier molecular flexibility index (Phi) is 7.45. The van der Waals surface area contributed by atoms with Crippen LogP contribution in [0.25, 0.3) is 6.08 Å². The number of hydrazone groups is 1. The van der Waals surface area contributed by atoms with E-state index in [1.54, 1.807) is 67.6 Å². The van der Waals surface area contributed by atoms with Gasteiger partial charge >= 0.3 is 0 Å². The maximum atomic E-state index is 12.9. The molecule has 0 bridgehead atoms. The molecule has 3 aromatic rings. The Hall–Kier alpha value is -3.32. The lowest BCUT2D eigenvalue weighted by molar-refractivity contribution is -0.114. The standard InChI is InChI=1S/C26H20Cl3N3O3/c1-17-22(24(34)32(31-17)20-10-6-3-7-11-20)16-18-12-14-21(15-13-18)35-25(26(27,28)29)30-23(33)19-8-4-2-5-9-19/h2-16,25H,1H3,(H,30,33)/b22-16-/t25-/m0/s1. The van der Waals surface area contributed by atoms with Crippen molar-refractivity contribution in [2.24, 2.45) is 5.10 Å². The molecular weight excluding hydrogens is 509 g/mol. The predicted octanol–water partition coefficient (Wildman–Crippen LogP) is 6.00. The van der Waals surface area contributed by atoms with E-state index in [1.807, 2.05) is 30.3 Å². The summed E-state index contributed by atoms with van der Waals surface area (Å²) in [4.78, 5) is 25.4. The number of nitrogens with zero attached hydrogens (tertiary/aromatic N) is 2. The summed E-state index contributed by atoms with van der Waals surface area (Å²) in [5.41, 5.74) is 2.94. The maximum Gasteiger partial charge on any atom is 0.280 e. The molecule has 2 amide bonds. The highest BCUT2D eigenvalue weighted by Gasteiger charge is 2.36. The van der Waals surface area contributed by atoms with Crippen LogP contribution in [0.2, 0.25) is 0 Å². The van der Waals surface area contributed by atoms with Gasteiger partial charge in [-0.15, -0.1) is 0 Å². The average Bonchev–Trinajstić information content (AvgIpc) is 3.13. The Balaban J connectivity index is 1.48. The van der Waals surface area contributed by atoms with Crippen LogP contribution < -0.4 is 15.1 Å². The third kappa shape index (κ3) is 6.03. The van der Waals surface area contributed by atoms with Crippen LogP contribution in [0.3, 0.4) is 0 Å². The number of carbonyl (C=O) groups excluding carboxylic acids is 2. The minimum absolute atomic E-state index is 0.214. The Morgan fingerprint density at radius 1 is 0.971 bits per heavy atom. The van der Waals surface area contributed by atoms with Gasteiger partial charge in [-0.25, -0.2) is 0 Å². The van der Waals surface area contributed by atoms with Crippen LogP contribution in [0, 0.1) is 0 Å². The molecule has 4 rings (SSSR count). The molecule has 0 aliphatic carbocycles. The average molecular weight is 529 g/mol. The molecular formula is C26H20Cl3N3O3. The number of anilines is 1. The molecule has 0 fully saturated rings. The van der Waals surface area contributed by atoms with E-state index in [4.69, 9.17) is 39.5 Å². The van der Waals surface area contributed by atoms with Crippen molar-refractivity contribution >= 4 is 64.1 Å². The minimum Gasteiger partial charge on any atom is -0.466 e. The van der Waals surface area contributed by atoms with Crippen molar-refractivity contribution in [3.05, 3.63) is 102 Å². The second kappa shape index (κ2) is 10.5. The van der Waals surface area contributed by atoms with E-state index in [2.05, 4.69) is 10.4 Å². The topological polar surface area (TPSA) is 71.0 Å². The number of nitrogens with one attached hydrogen (secondary N) is 1. The van der Waals surface area contributed by atoms with Crippen LogP contribution in [0.1, 0.15) is 22.8 Å². The molecule has 0 unspecified atom stereocenters. The zero-order chi connectivity index (χ0) is 25.0. The largest absolute Gasteiger partial charge is 0.466 e. The van der Waals surface area contributed by atoms with Gasteiger partial charge < -0.3 is 10.1 Å². The highest BCUT2D eigenvalue weighted by molar-refractivity contribution is 6.68. The summed E-state index contributed by atoms with van der Waals surface area (Å²) in [5, 5.41) is 8.34. The van der Waals surface area contributed by atoms with Gasteiger partial charge in [-0.05, 0) is 55.0 Å². The van der Waals surface area contributed by atoms with Gasteiger partial charge in [0.05, 0.1) is 17.0 Å². The predicted molar refractivity (Wildman–Crippen MR) is 140 cm³/mol. The van der Waals surface area contributed by atoms with E-state index >= 15 is 0 Å². The number of ether oxygens (including phenoxy) is 1. The zero-order valence-corrected chi connectivity index (χ0v) is 20.8. The summed E-state index contributed by atoms with van der Waals surface area (Å²) in [5.74, 6) is -0.291. The van der Waals surface area contributed by atoms with Crippen molar-refractivity contribution < 1.29 is 14.3 Å². The number of benzene rings is 3. The first kappa shape index (κ1) is 24.8. The fourth-order valence-corrected chi connectivity index (χ4v) is 3.64. The monoisotopic (exact) mass is 527 g/mol. The van der Waals surface area contributed by atoms with Crippen LogP contribution in [0.15, 0.2) is 95.6 Å². The van der Waals surface area contributed by atoms with E-state index in [-0.39, 0.29) is 5.91 Å². The summed E-state index contributed by atoms with van der Waals surface area (Å²) < 4.78 is 3.85. The summed E-state index contributed by atoms with van der Waals surface area (Å²) in [6, 6.07) is 24.6. The Morgan fingerprint density at radius 2 is 1.57 bits per heavy atom. The lowest BCUT2D eigenvalue weighted by Crippen LogP contribution is -2.47. The normalized spacial score (nSPS) is 15.7. The molecule has 1 heterocycles. The molecule has 1 aliphatic rings. The van der Waals surface area contributed by atoms with Crippen LogP contribution in [0.5, 0.6) is 5.75 Å². The molecule has 1 atom stereocenters. The number of alkyl halides is 3. The highest BCUT2D eigenvalue weighted by Crippen LogP contribution is 2.32. The van der Waals surface area contributed by atoms with Gasteiger partial charge in [0.1, 0.15) is 5.75 Å². The molecule has 1 N–H and O–H groups in total. The molecule has 0 aromatic heterocycles. The van der Waals surface area contributed by atoms with Gasteiger partial charge in [-0.2, -0.15) is 10.1 Å². The van der Waals surface area contributed by atoms with Crippen molar-refractivity contribution in [1.29, 1.82) is 0 Å². The van der Waals surface area contributed by atoms with E-state index in [9.17, 15) is 9.59 Å². The van der Waals surface area contributed by atoms with E-state index in [0.29, 0.717) is 28.3 Å². The van der Waals surface area contributed by atoms with Crippen LogP contribution >= 0.6 is 34.8 Å². The molecule has 1 aliphatic heterocycles. The van der Waals surface area contributed by atoms with Crippen molar-refractivity contribution in [3.8, 4) is 5.75 Å². The third-order valence-corrected chi connectivity index (χ3v) is 5.70. The van der Waals surface area contributed by atoms with Gasteiger partial charge in [0.2, 0.25) is 10.0 Å². The van der Waals surface area contributed by atoms with Gasteiger partial charge in [-0.3, -0.25) is 9.59 Å². The van der Waals surface area contributed by atoms with Crippen LogP contribution in [0.4, 0.5) is 5.69 Å². The molecule has 178 valence electrons. The molecule has 0 radical (unpaired) electrons. The number of amides is 2. The van der Waals surface area contributed by atoms with Crippen molar-refractivity contribution in [2.45, 2.75) is 16.9 Å². The molecule has 3 aromatic carbocycles. The van der Waals surface area contributed by atoms with Crippen molar-refractivity contribution in [1.82, 2.24) is 5.32 Å².